The quantitative estimate of drug-likeness (QED) is 0.887. The van der Waals surface area contributed by atoms with Gasteiger partial charge in [-0.2, -0.15) is 17.0 Å². The van der Waals surface area contributed by atoms with Crippen LogP contribution in [0, 0.1) is 0 Å². The van der Waals surface area contributed by atoms with E-state index in [4.69, 9.17) is 11.6 Å². The number of hydrogen-bond donors (Lipinski definition) is 1. The summed E-state index contributed by atoms with van der Waals surface area (Å²) in [5.74, 6) is 0. The first-order chi connectivity index (χ1) is 9.85. The Balaban J connectivity index is 0.00000242. The summed E-state index contributed by atoms with van der Waals surface area (Å²) < 4.78 is 28.6. The molecular formula is C14H23Cl2N3O2S. The van der Waals surface area contributed by atoms with E-state index in [0.717, 1.165) is 5.56 Å². The van der Waals surface area contributed by atoms with Crippen molar-refractivity contribution in [3.8, 4) is 0 Å². The lowest BCUT2D eigenvalue weighted by atomic mass is 10.1. The van der Waals surface area contributed by atoms with Gasteiger partial charge >= 0.3 is 0 Å². The van der Waals surface area contributed by atoms with Crippen molar-refractivity contribution < 1.29 is 8.42 Å². The van der Waals surface area contributed by atoms with E-state index < -0.39 is 10.2 Å². The zero-order valence-electron chi connectivity index (χ0n) is 13.0. The molecule has 1 fully saturated rings. The van der Waals surface area contributed by atoms with Crippen LogP contribution >= 0.6 is 24.0 Å². The normalized spacial score (nSPS) is 20.2. The van der Waals surface area contributed by atoms with Gasteiger partial charge in [0.05, 0.1) is 6.04 Å². The Kier molecular flexibility index (Phi) is 7.11. The lowest BCUT2D eigenvalue weighted by molar-refractivity contribution is 0.245. The molecule has 1 aromatic carbocycles. The Morgan fingerprint density at radius 3 is 2.59 bits per heavy atom. The highest BCUT2D eigenvalue weighted by Gasteiger charge is 2.37. The van der Waals surface area contributed by atoms with Gasteiger partial charge in [0.15, 0.2) is 0 Å². The molecule has 0 amide bonds. The minimum atomic E-state index is -3.51. The summed E-state index contributed by atoms with van der Waals surface area (Å²) in [5.41, 5.74) is 0.840. The van der Waals surface area contributed by atoms with E-state index in [1.807, 2.05) is 32.0 Å². The summed E-state index contributed by atoms with van der Waals surface area (Å²) in [5, 5.41) is 3.84. The van der Waals surface area contributed by atoms with Crippen LogP contribution in [0.15, 0.2) is 24.3 Å². The molecule has 1 aromatic rings. The van der Waals surface area contributed by atoms with Crippen LogP contribution in [0.2, 0.25) is 5.02 Å². The molecule has 0 aromatic heterocycles. The van der Waals surface area contributed by atoms with E-state index in [-0.39, 0.29) is 24.5 Å². The Hall–Kier alpha value is -0.370. The second kappa shape index (κ2) is 7.95. The second-order valence-electron chi connectivity index (χ2n) is 5.47. The molecule has 5 nitrogen and oxygen atoms in total. The van der Waals surface area contributed by atoms with Crippen molar-refractivity contribution in [2.24, 2.45) is 0 Å². The third-order valence-corrected chi connectivity index (χ3v) is 6.37. The lowest BCUT2D eigenvalue weighted by Crippen LogP contribution is -2.53. The number of halogens is 2. The fourth-order valence-corrected chi connectivity index (χ4v) is 4.36. The summed E-state index contributed by atoms with van der Waals surface area (Å²) >= 11 is 6.25. The SMILES string of the molecule is CC(C)N(C)S(=O)(=O)N1CCNCC1c1ccccc1Cl.Cl. The van der Waals surface area contributed by atoms with Crippen molar-refractivity contribution in [3.05, 3.63) is 34.9 Å². The highest BCUT2D eigenvalue weighted by molar-refractivity contribution is 7.86. The van der Waals surface area contributed by atoms with Crippen molar-refractivity contribution in [3.63, 3.8) is 0 Å². The lowest BCUT2D eigenvalue weighted by Gasteiger charge is -2.38. The van der Waals surface area contributed by atoms with Crippen LogP contribution in [-0.2, 0) is 10.2 Å². The molecule has 1 heterocycles. The molecule has 0 aliphatic carbocycles. The molecule has 22 heavy (non-hydrogen) atoms. The van der Waals surface area contributed by atoms with Crippen LogP contribution in [0.5, 0.6) is 0 Å². The molecule has 1 N–H and O–H groups in total. The number of hydrogen-bond acceptors (Lipinski definition) is 3. The average Bonchev–Trinajstić information content (AvgIpc) is 2.47. The van der Waals surface area contributed by atoms with Crippen LogP contribution in [0.1, 0.15) is 25.5 Å². The highest BCUT2D eigenvalue weighted by atomic mass is 35.5. The van der Waals surface area contributed by atoms with Gasteiger partial charge < -0.3 is 5.32 Å². The van der Waals surface area contributed by atoms with Crippen molar-refractivity contribution in [1.82, 2.24) is 13.9 Å². The first kappa shape index (κ1) is 19.7. The van der Waals surface area contributed by atoms with Crippen LogP contribution in [0.4, 0.5) is 0 Å². The van der Waals surface area contributed by atoms with E-state index in [9.17, 15) is 8.42 Å². The number of nitrogens with zero attached hydrogens (tertiary/aromatic N) is 2. The maximum absolute atomic E-state index is 12.8. The van der Waals surface area contributed by atoms with E-state index >= 15 is 0 Å². The van der Waals surface area contributed by atoms with E-state index in [1.54, 1.807) is 17.4 Å². The number of rotatable bonds is 4. The van der Waals surface area contributed by atoms with Gasteiger partial charge in [0.25, 0.3) is 10.2 Å². The predicted molar refractivity (Wildman–Crippen MR) is 92.8 cm³/mol. The van der Waals surface area contributed by atoms with Crippen molar-refractivity contribution in [1.29, 1.82) is 0 Å². The van der Waals surface area contributed by atoms with Crippen LogP contribution < -0.4 is 5.32 Å². The van der Waals surface area contributed by atoms with Crippen molar-refractivity contribution in [2.45, 2.75) is 25.9 Å². The number of nitrogens with one attached hydrogen (secondary N) is 1. The third kappa shape index (κ3) is 3.93. The standard InChI is InChI=1S/C14H22ClN3O2S.ClH/c1-11(2)17(3)21(19,20)18-9-8-16-10-14(18)12-6-4-5-7-13(12)15;/h4-7,11,14,16H,8-10H2,1-3H3;1H. The fraction of sp³-hybridized carbons (Fsp3) is 0.571. The molecule has 8 heteroatoms. The Morgan fingerprint density at radius 2 is 2.00 bits per heavy atom. The van der Waals surface area contributed by atoms with Crippen LogP contribution in [-0.4, -0.2) is 49.8 Å². The first-order valence-electron chi connectivity index (χ1n) is 7.05. The van der Waals surface area contributed by atoms with Gasteiger partial charge in [-0.25, -0.2) is 0 Å². The maximum atomic E-state index is 12.8. The molecule has 1 atom stereocenters. The number of benzene rings is 1. The fourth-order valence-electron chi connectivity index (χ4n) is 2.40. The monoisotopic (exact) mass is 367 g/mol. The Morgan fingerprint density at radius 1 is 1.36 bits per heavy atom. The van der Waals surface area contributed by atoms with Crippen LogP contribution in [0.25, 0.3) is 0 Å². The molecule has 1 aliphatic heterocycles. The summed E-state index contributed by atoms with van der Waals surface area (Å²) in [7, 11) is -1.89. The topological polar surface area (TPSA) is 52.7 Å². The van der Waals surface area contributed by atoms with Gasteiger partial charge in [-0.05, 0) is 25.5 Å². The summed E-state index contributed by atoms with van der Waals surface area (Å²) in [6, 6.07) is 7.05. The third-order valence-electron chi connectivity index (χ3n) is 3.85. The summed E-state index contributed by atoms with van der Waals surface area (Å²) in [6.07, 6.45) is 0. The molecule has 0 saturated carbocycles. The summed E-state index contributed by atoms with van der Waals surface area (Å²) in [6.45, 7) is 5.38. The Labute approximate surface area is 144 Å². The molecule has 126 valence electrons. The van der Waals surface area contributed by atoms with Crippen molar-refractivity contribution in [2.75, 3.05) is 26.7 Å². The van der Waals surface area contributed by atoms with Crippen molar-refractivity contribution >= 4 is 34.2 Å². The van der Waals surface area contributed by atoms with Gasteiger partial charge in [0.1, 0.15) is 0 Å². The molecule has 2 rings (SSSR count). The van der Waals surface area contributed by atoms with Gasteiger partial charge in [-0.3, -0.25) is 0 Å². The molecule has 1 saturated heterocycles. The van der Waals surface area contributed by atoms with Gasteiger partial charge in [0.2, 0.25) is 0 Å². The van der Waals surface area contributed by atoms with E-state index in [2.05, 4.69) is 5.32 Å². The predicted octanol–water partition coefficient (Wildman–Crippen LogP) is 2.29. The van der Waals surface area contributed by atoms with E-state index in [1.165, 1.54) is 4.31 Å². The maximum Gasteiger partial charge on any atom is 0.282 e. The van der Waals surface area contributed by atoms with Crippen LogP contribution in [0.3, 0.4) is 0 Å². The zero-order chi connectivity index (χ0) is 15.6. The molecule has 1 aliphatic rings. The molecule has 0 bridgehead atoms. The molecular weight excluding hydrogens is 345 g/mol. The second-order valence-corrected chi connectivity index (χ2v) is 7.82. The molecule has 0 radical (unpaired) electrons. The minimum Gasteiger partial charge on any atom is -0.313 e. The van der Waals surface area contributed by atoms with Gasteiger partial charge in [-0.15, -0.1) is 12.4 Å². The van der Waals surface area contributed by atoms with E-state index in [0.29, 0.717) is 24.7 Å². The average molecular weight is 368 g/mol. The minimum absolute atomic E-state index is 0. The largest absolute Gasteiger partial charge is 0.313 e. The highest BCUT2D eigenvalue weighted by Crippen LogP contribution is 2.31. The zero-order valence-corrected chi connectivity index (χ0v) is 15.4. The summed E-state index contributed by atoms with van der Waals surface area (Å²) in [4.78, 5) is 0. The van der Waals surface area contributed by atoms with Gasteiger partial charge in [0, 0.05) is 37.7 Å². The molecule has 0 spiro atoms. The van der Waals surface area contributed by atoms with Gasteiger partial charge in [-0.1, -0.05) is 29.8 Å². The number of piperazine rings is 1. The Bertz CT molecular complexity index is 596. The first-order valence-corrected chi connectivity index (χ1v) is 8.83. The smallest absolute Gasteiger partial charge is 0.282 e. The molecule has 1 unspecified atom stereocenters.